The number of hydrogen-bond acceptors (Lipinski definition) is 5. The Balaban J connectivity index is 2.58. The number of hydrogen-bond donors (Lipinski definition) is 2. The van der Waals surface area contributed by atoms with E-state index in [4.69, 9.17) is 10.8 Å². The normalized spacial score (nSPS) is 16.8. The molecule has 16 heavy (non-hydrogen) atoms. The number of carboxylic acid groups (broad SMARTS) is 1. The third kappa shape index (κ3) is 3.21. The van der Waals surface area contributed by atoms with E-state index in [1.807, 2.05) is 14.0 Å². The van der Waals surface area contributed by atoms with E-state index in [0.717, 1.165) is 5.16 Å². The minimum absolute atomic E-state index is 0.0639. The van der Waals surface area contributed by atoms with Gasteiger partial charge in [-0.25, -0.2) is 0 Å². The maximum atomic E-state index is 10.9. The van der Waals surface area contributed by atoms with Crippen molar-refractivity contribution in [1.82, 2.24) is 14.8 Å². The highest BCUT2D eigenvalue weighted by Crippen LogP contribution is 2.25. The summed E-state index contributed by atoms with van der Waals surface area (Å²) >= 11 is 1.47. The molecule has 1 aromatic heterocycles. The lowest BCUT2D eigenvalue weighted by atomic mass is 9.98. The average molecular weight is 244 g/mol. The maximum absolute atomic E-state index is 10.9. The van der Waals surface area contributed by atoms with Gasteiger partial charge in [-0.15, -0.1) is 10.2 Å². The number of nitrogens with zero attached hydrogens (tertiary/aromatic N) is 3. The average Bonchev–Trinajstić information content (AvgIpc) is 2.50. The second kappa shape index (κ2) is 4.84. The predicted octanol–water partition coefficient (Wildman–Crippen LogP) is 0.488. The van der Waals surface area contributed by atoms with Crippen LogP contribution in [0.4, 0.5) is 0 Å². The van der Waals surface area contributed by atoms with Crippen LogP contribution < -0.4 is 5.73 Å². The van der Waals surface area contributed by atoms with Crippen LogP contribution in [0.5, 0.6) is 0 Å². The predicted molar refractivity (Wildman–Crippen MR) is 61.2 cm³/mol. The molecule has 6 nitrogen and oxygen atoms in total. The fourth-order valence-corrected chi connectivity index (χ4v) is 2.38. The van der Waals surface area contributed by atoms with Gasteiger partial charge in [0.1, 0.15) is 11.9 Å². The van der Waals surface area contributed by atoms with E-state index in [1.54, 1.807) is 10.9 Å². The zero-order valence-corrected chi connectivity index (χ0v) is 10.4. The molecule has 1 heterocycles. The number of thioether (sulfide) groups is 1. The Hall–Kier alpha value is -1.08. The molecule has 0 aliphatic rings. The molecular weight excluding hydrogens is 228 g/mol. The molecule has 1 rings (SSSR count). The van der Waals surface area contributed by atoms with Gasteiger partial charge >= 0.3 is 5.97 Å². The van der Waals surface area contributed by atoms with E-state index in [-0.39, 0.29) is 5.25 Å². The summed E-state index contributed by atoms with van der Waals surface area (Å²) in [7, 11) is 1.84. The summed E-state index contributed by atoms with van der Waals surface area (Å²) in [6, 6.07) is 0. The van der Waals surface area contributed by atoms with Crippen LogP contribution in [0.15, 0.2) is 11.5 Å². The number of aryl methyl sites for hydroxylation is 1. The molecule has 0 aliphatic heterocycles. The Kier molecular flexibility index (Phi) is 3.93. The van der Waals surface area contributed by atoms with E-state index >= 15 is 0 Å². The third-order valence-electron chi connectivity index (χ3n) is 2.18. The molecule has 0 saturated carbocycles. The van der Waals surface area contributed by atoms with Gasteiger partial charge in [0.05, 0.1) is 0 Å². The third-order valence-corrected chi connectivity index (χ3v) is 3.33. The van der Waals surface area contributed by atoms with Crippen LogP contribution in [0, 0.1) is 0 Å². The lowest BCUT2D eigenvalue weighted by Gasteiger charge is -2.22. The minimum atomic E-state index is -1.20. The summed E-state index contributed by atoms with van der Waals surface area (Å²) in [5.41, 5.74) is 4.47. The Bertz CT molecular complexity index is 377. The van der Waals surface area contributed by atoms with Gasteiger partial charge in [0.15, 0.2) is 5.16 Å². The van der Waals surface area contributed by atoms with Gasteiger partial charge < -0.3 is 15.4 Å². The second-order valence-electron chi connectivity index (χ2n) is 4.08. The summed E-state index contributed by atoms with van der Waals surface area (Å²) in [5, 5.41) is 17.4. The van der Waals surface area contributed by atoms with Crippen molar-refractivity contribution in [3.8, 4) is 0 Å². The van der Waals surface area contributed by atoms with Crippen LogP contribution in [0.3, 0.4) is 0 Å². The van der Waals surface area contributed by atoms with Gasteiger partial charge in [-0.3, -0.25) is 4.79 Å². The maximum Gasteiger partial charge on any atom is 0.323 e. The summed E-state index contributed by atoms with van der Waals surface area (Å²) < 4.78 is 1.79. The molecular formula is C9H16N4O2S. The first kappa shape index (κ1) is 13.0. The highest BCUT2D eigenvalue weighted by Gasteiger charge is 2.30. The first-order chi connectivity index (χ1) is 7.33. The van der Waals surface area contributed by atoms with Crippen LogP contribution in [0.2, 0.25) is 0 Å². The number of rotatable bonds is 5. The summed E-state index contributed by atoms with van der Waals surface area (Å²) in [6.07, 6.45) is 1.98. The summed E-state index contributed by atoms with van der Waals surface area (Å²) in [5.74, 6) is -0.988. The van der Waals surface area contributed by atoms with E-state index in [2.05, 4.69) is 10.2 Å². The van der Waals surface area contributed by atoms with Crippen LogP contribution >= 0.6 is 11.8 Å². The number of nitrogens with two attached hydrogens (primary N) is 1. The highest BCUT2D eigenvalue weighted by atomic mass is 32.2. The fourth-order valence-electron chi connectivity index (χ4n) is 1.29. The molecule has 0 bridgehead atoms. The van der Waals surface area contributed by atoms with E-state index < -0.39 is 11.5 Å². The number of aliphatic carboxylic acids is 1. The van der Waals surface area contributed by atoms with E-state index in [0.29, 0.717) is 6.42 Å². The molecule has 1 aromatic rings. The van der Waals surface area contributed by atoms with Crippen LogP contribution in [0.1, 0.15) is 20.3 Å². The SMILES string of the molecule is CC(CC(C)(N)C(=O)O)Sc1nncn1C. The minimum Gasteiger partial charge on any atom is -0.480 e. The van der Waals surface area contributed by atoms with Crippen molar-refractivity contribution < 1.29 is 9.90 Å². The van der Waals surface area contributed by atoms with Crippen molar-refractivity contribution in [3.63, 3.8) is 0 Å². The zero-order valence-electron chi connectivity index (χ0n) is 9.54. The quantitative estimate of drug-likeness (QED) is 0.732. The smallest absolute Gasteiger partial charge is 0.323 e. The lowest BCUT2D eigenvalue weighted by molar-refractivity contribution is -0.142. The van der Waals surface area contributed by atoms with Crippen molar-refractivity contribution in [1.29, 1.82) is 0 Å². The van der Waals surface area contributed by atoms with Crippen molar-refractivity contribution in [2.75, 3.05) is 0 Å². The van der Waals surface area contributed by atoms with Crippen molar-refractivity contribution in [2.24, 2.45) is 12.8 Å². The van der Waals surface area contributed by atoms with Gasteiger partial charge in [-0.2, -0.15) is 0 Å². The van der Waals surface area contributed by atoms with Crippen molar-refractivity contribution >= 4 is 17.7 Å². The van der Waals surface area contributed by atoms with E-state index in [9.17, 15) is 4.79 Å². The number of aromatic nitrogens is 3. The molecule has 7 heteroatoms. The molecule has 3 N–H and O–H groups in total. The lowest BCUT2D eigenvalue weighted by Crippen LogP contribution is -2.46. The second-order valence-corrected chi connectivity index (χ2v) is 5.49. The highest BCUT2D eigenvalue weighted by molar-refractivity contribution is 7.99. The molecule has 0 aromatic carbocycles. The standard InChI is InChI=1S/C9H16N4O2S/c1-6(4-9(2,10)7(14)15)16-8-12-11-5-13(8)3/h5-6H,4,10H2,1-3H3,(H,14,15). The topological polar surface area (TPSA) is 94.0 Å². The van der Waals surface area contributed by atoms with Gasteiger partial charge in [-0.1, -0.05) is 18.7 Å². The monoisotopic (exact) mass is 244 g/mol. The molecule has 0 radical (unpaired) electrons. The molecule has 0 spiro atoms. The zero-order chi connectivity index (χ0) is 12.3. The molecule has 2 atom stereocenters. The summed E-state index contributed by atoms with van der Waals surface area (Å²) in [6.45, 7) is 3.44. The molecule has 90 valence electrons. The Morgan fingerprint density at radius 3 is 2.88 bits per heavy atom. The molecule has 0 fully saturated rings. The molecule has 0 aliphatic carbocycles. The fraction of sp³-hybridized carbons (Fsp3) is 0.667. The van der Waals surface area contributed by atoms with Crippen molar-refractivity contribution in [2.45, 2.75) is 36.2 Å². The van der Waals surface area contributed by atoms with Gasteiger partial charge in [0.25, 0.3) is 0 Å². The largest absolute Gasteiger partial charge is 0.480 e. The first-order valence-electron chi connectivity index (χ1n) is 4.86. The van der Waals surface area contributed by atoms with Crippen LogP contribution in [0.25, 0.3) is 0 Å². The van der Waals surface area contributed by atoms with Crippen LogP contribution in [-0.4, -0.2) is 36.6 Å². The van der Waals surface area contributed by atoms with Gasteiger partial charge in [0.2, 0.25) is 0 Å². The van der Waals surface area contributed by atoms with Crippen molar-refractivity contribution in [3.05, 3.63) is 6.33 Å². The molecule has 2 unspecified atom stereocenters. The molecule has 0 saturated heterocycles. The summed E-state index contributed by atoms with van der Waals surface area (Å²) in [4.78, 5) is 10.9. The number of carboxylic acids is 1. The Labute approximate surface area is 98.2 Å². The first-order valence-corrected chi connectivity index (χ1v) is 5.74. The number of carbonyl (C=O) groups is 1. The molecule has 0 amide bonds. The van der Waals surface area contributed by atoms with Gasteiger partial charge in [0, 0.05) is 12.3 Å². The van der Waals surface area contributed by atoms with Gasteiger partial charge in [-0.05, 0) is 13.3 Å². The Morgan fingerprint density at radius 1 is 1.81 bits per heavy atom. The van der Waals surface area contributed by atoms with E-state index in [1.165, 1.54) is 18.7 Å². The Morgan fingerprint density at radius 2 is 2.44 bits per heavy atom. The van der Waals surface area contributed by atoms with Crippen LogP contribution in [-0.2, 0) is 11.8 Å².